The number of benzene rings is 3. The third kappa shape index (κ3) is 7.57. The van der Waals surface area contributed by atoms with Crippen LogP contribution >= 0.6 is 35.8 Å². The third-order valence-corrected chi connectivity index (χ3v) is 6.89. The fourth-order valence-corrected chi connectivity index (χ4v) is 4.95. The van der Waals surface area contributed by atoms with E-state index in [0.29, 0.717) is 50.5 Å². The van der Waals surface area contributed by atoms with Crippen molar-refractivity contribution < 1.29 is 28.5 Å². The van der Waals surface area contributed by atoms with E-state index < -0.39 is 11.8 Å². The maximum atomic E-state index is 12.7. The molecule has 0 saturated heterocycles. The van der Waals surface area contributed by atoms with Crippen LogP contribution in [0.4, 0.5) is 10.8 Å². The van der Waals surface area contributed by atoms with E-state index in [4.69, 9.17) is 43.4 Å². The molecule has 0 fully saturated rings. The van der Waals surface area contributed by atoms with E-state index in [1.54, 1.807) is 48.5 Å². The number of methoxy groups -OCH3 is 4. The van der Waals surface area contributed by atoms with E-state index in [1.807, 2.05) is 6.07 Å². The van der Waals surface area contributed by atoms with Crippen molar-refractivity contribution in [3.8, 4) is 23.0 Å². The van der Waals surface area contributed by atoms with E-state index in [-0.39, 0.29) is 10.2 Å². The molecule has 0 bridgehead atoms. The fourth-order valence-electron chi connectivity index (χ4n) is 3.57. The Labute approximate surface area is 250 Å². The number of hydrogen-bond donors (Lipinski definition) is 4. The fraction of sp³-hybridized carbons (Fsp3) is 0.148. The molecule has 2 amide bonds. The molecule has 1 heterocycles. The van der Waals surface area contributed by atoms with E-state index in [2.05, 4.69) is 26.3 Å². The Hall–Kier alpha value is -4.53. The Kier molecular flexibility index (Phi) is 9.49. The number of carbonyl (C=O) groups is 2. The normalized spacial score (nSPS) is 10.3. The minimum atomic E-state index is -0.435. The van der Waals surface area contributed by atoms with Crippen molar-refractivity contribution in [1.29, 1.82) is 0 Å². The first-order valence-electron chi connectivity index (χ1n) is 11.8. The predicted molar refractivity (Wildman–Crippen MR) is 166 cm³/mol. The van der Waals surface area contributed by atoms with Gasteiger partial charge in [0.2, 0.25) is 0 Å². The van der Waals surface area contributed by atoms with E-state index in [0.717, 1.165) is 4.70 Å². The molecule has 3 aromatic carbocycles. The highest BCUT2D eigenvalue weighted by Crippen LogP contribution is 2.29. The largest absolute Gasteiger partial charge is 0.497 e. The number of fused-ring (bicyclic) bond motifs is 1. The molecule has 0 aliphatic rings. The predicted octanol–water partition coefficient (Wildman–Crippen LogP) is 4.58. The Bertz CT molecular complexity index is 1520. The molecule has 4 rings (SSSR count). The summed E-state index contributed by atoms with van der Waals surface area (Å²) >= 11 is 12.0. The summed E-state index contributed by atoms with van der Waals surface area (Å²) in [6.07, 6.45) is 0. The molecule has 41 heavy (non-hydrogen) atoms. The first kappa shape index (κ1) is 29.5. The van der Waals surface area contributed by atoms with Gasteiger partial charge in [-0.2, -0.15) is 0 Å². The van der Waals surface area contributed by atoms with Crippen LogP contribution in [0.5, 0.6) is 23.0 Å². The number of hydrogen-bond acceptors (Lipinski definition) is 10. The molecular weight excluding hydrogens is 587 g/mol. The van der Waals surface area contributed by atoms with Crippen molar-refractivity contribution in [2.75, 3.05) is 39.1 Å². The molecule has 0 radical (unpaired) electrons. The lowest BCUT2D eigenvalue weighted by Gasteiger charge is -2.11. The number of rotatable bonds is 8. The molecule has 4 N–H and O–H groups in total. The number of nitrogens with zero attached hydrogens (tertiary/aromatic N) is 1. The first-order valence-corrected chi connectivity index (χ1v) is 13.5. The summed E-state index contributed by atoms with van der Waals surface area (Å²) in [6, 6.07) is 15.0. The lowest BCUT2D eigenvalue weighted by atomic mass is 10.2. The summed E-state index contributed by atoms with van der Waals surface area (Å²) in [6.45, 7) is 0. The zero-order valence-electron chi connectivity index (χ0n) is 22.3. The van der Waals surface area contributed by atoms with Crippen molar-refractivity contribution >= 4 is 78.8 Å². The monoisotopic (exact) mass is 611 g/mol. The Morgan fingerprint density at radius 1 is 0.683 bits per heavy atom. The second-order valence-corrected chi connectivity index (χ2v) is 10.1. The molecule has 0 spiro atoms. The van der Waals surface area contributed by atoms with Gasteiger partial charge in [0.15, 0.2) is 15.4 Å². The molecule has 0 saturated carbocycles. The van der Waals surface area contributed by atoms with Crippen molar-refractivity contribution in [2.24, 2.45) is 0 Å². The number of carbonyl (C=O) groups excluding carboxylic acids is 2. The number of ether oxygens (including phenoxy) is 4. The molecule has 0 aliphatic heterocycles. The van der Waals surface area contributed by atoms with Crippen LogP contribution in [0.3, 0.4) is 0 Å². The smallest absolute Gasteiger partial charge is 0.257 e. The van der Waals surface area contributed by atoms with Crippen LogP contribution in [0.25, 0.3) is 10.2 Å². The summed E-state index contributed by atoms with van der Waals surface area (Å²) in [7, 11) is 6.01. The zero-order valence-corrected chi connectivity index (χ0v) is 24.8. The molecule has 0 unspecified atom stereocenters. The van der Waals surface area contributed by atoms with Gasteiger partial charge in [-0.25, -0.2) is 4.98 Å². The van der Waals surface area contributed by atoms with Gasteiger partial charge >= 0.3 is 0 Å². The van der Waals surface area contributed by atoms with Gasteiger partial charge < -0.3 is 29.6 Å². The molecule has 1 aromatic heterocycles. The quantitative estimate of drug-likeness (QED) is 0.209. The minimum absolute atomic E-state index is 0.0762. The topological polar surface area (TPSA) is 132 Å². The van der Waals surface area contributed by atoms with Gasteiger partial charge in [0.05, 0.1) is 38.7 Å². The average molecular weight is 612 g/mol. The Morgan fingerprint density at radius 3 is 1.61 bits per heavy atom. The van der Waals surface area contributed by atoms with E-state index in [9.17, 15) is 9.59 Å². The number of thiazole rings is 1. The highest BCUT2D eigenvalue weighted by molar-refractivity contribution is 7.80. The van der Waals surface area contributed by atoms with Crippen LogP contribution in [0.1, 0.15) is 20.7 Å². The number of anilines is 2. The highest BCUT2D eigenvalue weighted by atomic mass is 32.1. The van der Waals surface area contributed by atoms with E-state index >= 15 is 0 Å². The molecule has 212 valence electrons. The summed E-state index contributed by atoms with van der Waals surface area (Å²) in [5.41, 5.74) is 1.99. The van der Waals surface area contributed by atoms with Crippen LogP contribution in [-0.2, 0) is 0 Å². The maximum Gasteiger partial charge on any atom is 0.257 e. The minimum Gasteiger partial charge on any atom is -0.497 e. The number of thiocarbonyl (C=S) groups is 2. The SMILES string of the molecule is COc1cc(OC)cc(C(=O)NC(=S)Nc2ccc3nc(NC(=S)NC(=O)c4cc(OC)cc(OC)c4)sc3c2)c1. The van der Waals surface area contributed by atoms with Crippen molar-refractivity contribution in [3.63, 3.8) is 0 Å². The van der Waals surface area contributed by atoms with Crippen LogP contribution < -0.4 is 40.2 Å². The zero-order chi connectivity index (χ0) is 29.5. The van der Waals surface area contributed by atoms with Gasteiger partial charge in [-0.15, -0.1) is 0 Å². The number of aromatic nitrogens is 1. The molecular formula is C27H25N5O6S3. The lowest BCUT2D eigenvalue weighted by molar-refractivity contribution is 0.0969. The molecule has 14 heteroatoms. The summed E-state index contributed by atoms with van der Waals surface area (Å²) < 4.78 is 21.7. The summed E-state index contributed by atoms with van der Waals surface area (Å²) in [4.78, 5) is 29.9. The second-order valence-electron chi connectivity index (χ2n) is 8.22. The highest BCUT2D eigenvalue weighted by Gasteiger charge is 2.15. The lowest BCUT2D eigenvalue weighted by Crippen LogP contribution is -2.34. The van der Waals surface area contributed by atoms with Gasteiger partial charge in [-0.1, -0.05) is 11.3 Å². The van der Waals surface area contributed by atoms with Crippen molar-refractivity contribution in [2.45, 2.75) is 0 Å². The molecule has 0 aliphatic carbocycles. The second kappa shape index (κ2) is 13.2. The Balaban J connectivity index is 1.38. The third-order valence-electron chi connectivity index (χ3n) is 5.55. The summed E-state index contributed by atoms with van der Waals surface area (Å²) in [5.74, 6) is 1.05. The van der Waals surface area contributed by atoms with Crippen LogP contribution in [0.15, 0.2) is 54.6 Å². The van der Waals surface area contributed by atoms with Crippen molar-refractivity contribution in [3.05, 3.63) is 65.7 Å². The first-order chi connectivity index (χ1) is 19.7. The standard InChI is InChI=1S/C27H25N5O6S3/c1-35-17-7-14(8-18(12-17)36-2)23(33)30-25(39)28-16-5-6-21-22(11-16)41-27(29-21)32-26(40)31-24(34)15-9-19(37-3)13-20(10-15)38-4/h5-13H,1-4H3,(H2,28,30,33,39)(H2,29,31,32,34,40). The maximum absolute atomic E-state index is 12.7. The van der Waals surface area contributed by atoms with Gasteiger partial charge in [0, 0.05) is 28.9 Å². The summed E-state index contributed by atoms with van der Waals surface area (Å²) in [5, 5.41) is 11.9. The van der Waals surface area contributed by atoms with Gasteiger partial charge in [0.25, 0.3) is 11.8 Å². The average Bonchev–Trinajstić information content (AvgIpc) is 3.37. The molecule has 0 atom stereocenters. The van der Waals surface area contributed by atoms with Crippen molar-refractivity contribution in [1.82, 2.24) is 15.6 Å². The molecule has 4 aromatic rings. The number of amides is 2. The van der Waals surface area contributed by atoms with E-state index in [1.165, 1.54) is 39.8 Å². The van der Waals surface area contributed by atoms with Crippen LogP contribution in [-0.4, -0.2) is 55.5 Å². The van der Waals surface area contributed by atoms with Crippen LogP contribution in [0, 0.1) is 0 Å². The van der Waals surface area contributed by atoms with Gasteiger partial charge in [-0.05, 0) is 66.9 Å². The number of nitrogens with one attached hydrogen (secondary N) is 4. The molecule has 11 nitrogen and oxygen atoms in total. The van der Waals surface area contributed by atoms with Gasteiger partial charge in [0.1, 0.15) is 23.0 Å². The Morgan fingerprint density at radius 2 is 1.15 bits per heavy atom. The van der Waals surface area contributed by atoms with Gasteiger partial charge in [-0.3, -0.25) is 20.2 Å². The van der Waals surface area contributed by atoms with Crippen LogP contribution in [0.2, 0.25) is 0 Å².